The predicted molar refractivity (Wildman–Crippen MR) is 51.5 cm³/mol. The van der Waals surface area contributed by atoms with Gasteiger partial charge in [0, 0.05) is 12.1 Å². The molecule has 1 aromatic carbocycles. The van der Waals surface area contributed by atoms with Crippen LogP contribution in [0, 0.1) is 0 Å². The number of rotatable bonds is 2. The first kappa shape index (κ1) is 8.68. The molecule has 0 saturated carbocycles. The van der Waals surface area contributed by atoms with E-state index in [4.69, 9.17) is 19.6 Å². The molecule has 5 nitrogen and oxygen atoms in total. The number of hydrogen-bond donors (Lipinski definition) is 1. The van der Waals surface area contributed by atoms with Crippen LogP contribution in [0.25, 0.3) is 11.1 Å². The summed E-state index contributed by atoms with van der Waals surface area (Å²) in [6, 6.07) is 3.54. The van der Waals surface area contributed by atoms with E-state index in [1.54, 1.807) is 26.4 Å². The Morgan fingerprint density at radius 1 is 1.21 bits per heavy atom. The Kier molecular flexibility index (Phi) is 1.92. The van der Waals surface area contributed by atoms with Gasteiger partial charge in [0.1, 0.15) is 5.52 Å². The molecule has 0 aliphatic heterocycles. The first-order chi connectivity index (χ1) is 6.74. The molecule has 0 aliphatic rings. The van der Waals surface area contributed by atoms with E-state index in [0.717, 1.165) is 0 Å². The van der Waals surface area contributed by atoms with Crippen LogP contribution in [-0.4, -0.2) is 19.2 Å². The van der Waals surface area contributed by atoms with Gasteiger partial charge in [-0.25, -0.2) is 0 Å². The van der Waals surface area contributed by atoms with E-state index in [1.165, 1.54) is 0 Å². The lowest BCUT2D eigenvalue weighted by atomic mass is 10.3. The summed E-state index contributed by atoms with van der Waals surface area (Å²) in [6.45, 7) is 0. The summed E-state index contributed by atoms with van der Waals surface area (Å²) >= 11 is 0. The van der Waals surface area contributed by atoms with Crippen molar-refractivity contribution in [2.75, 3.05) is 20.0 Å². The lowest BCUT2D eigenvalue weighted by Crippen LogP contribution is -1.89. The van der Waals surface area contributed by atoms with Gasteiger partial charge in [-0.15, -0.1) is 0 Å². The average Bonchev–Trinajstić information content (AvgIpc) is 2.54. The average molecular weight is 194 g/mol. The van der Waals surface area contributed by atoms with Gasteiger partial charge in [0.15, 0.2) is 17.1 Å². The van der Waals surface area contributed by atoms with Crippen LogP contribution in [0.2, 0.25) is 0 Å². The molecule has 1 aromatic heterocycles. The maximum atomic E-state index is 5.41. The Morgan fingerprint density at radius 3 is 2.50 bits per heavy atom. The molecule has 2 aromatic rings. The number of anilines is 1. The van der Waals surface area contributed by atoms with Gasteiger partial charge in [0.2, 0.25) is 0 Å². The third-order valence-corrected chi connectivity index (χ3v) is 1.91. The number of hydrogen-bond acceptors (Lipinski definition) is 5. The molecule has 0 amide bonds. The summed E-state index contributed by atoms with van der Waals surface area (Å²) in [4.78, 5) is 3.97. The van der Waals surface area contributed by atoms with Gasteiger partial charge in [-0.1, -0.05) is 0 Å². The maximum absolute atomic E-state index is 5.41. The van der Waals surface area contributed by atoms with Crippen LogP contribution in [0.15, 0.2) is 16.5 Å². The van der Waals surface area contributed by atoms with Crippen molar-refractivity contribution in [3.63, 3.8) is 0 Å². The quantitative estimate of drug-likeness (QED) is 0.782. The molecule has 0 aliphatic carbocycles. The molecule has 74 valence electrons. The Morgan fingerprint density at radius 2 is 1.86 bits per heavy atom. The Hall–Kier alpha value is -1.91. The van der Waals surface area contributed by atoms with Crippen molar-refractivity contribution in [3.05, 3.63) is 12.1 Å². The van der Waals surface area contributed by atoms with Crippen molar-refractivity contribution < 1.29 is 13.9 Å². The number of methoxy groups -OCH3 is 2. The number of nitrogen functional groups attached to an aromatic ring is 1. The molecule has 1 heterocycles. The van der Waals surface area contributed by atoms with Crippen molar-refractivity contribution in [2.45, 2.75) is 0 Å². The molecule has 0 radical (unpaired) electrons. The summed E-state index contributed by atoms with van der Waals surface area (Å²) in [6.07, 6.45) is 0. The molecular formula is C9H10N2O3. The van der Waals surface area contributed by atoms with E-state index in [0.29, 0.717) is 22.6 Å². The minimum absolute atomic E-state index is 0.135. The molecule has 0 bridgehead atoms. The van der Waals surface area contributed by atoms with Gasteiger partial charge in [-0.05, 0) is 0 Å². The first-order valence-corrected chi connectivity index (χ1v) is 4.02. The van der Waals surface area contributed by atoms with E-state index in [2.05, 4.69) is 4.98 Å². The second-order valence-electron chi connectivity index (χ2n) is 2.73. The smallest absolute Gasteiger partial charge is 0.292 e. The number of oxazole rings is 1. The van der Waals surface area contributed by atoms with Crippen LogP contribution in [0.3, 0.4) is 0 Å². The zero-order valence-corrected chi connectivity index (χ0v) is 7.90. The van der Waals surface area contributed by atoms with Gasteiger partial charge >= 0.3 is 0 Å². The van der Waals surface area contributed by atoms with Gasteiger partial charge in [0.25, 0.3) is 6.01 Å². The van der Waals surface area contributed by atoms with E-state index >= 15 is 0 Å². The molecule has 2 N–H and O–H groups in total. The summed E-state index contributed by atoms with van der Waals surface area (Å²) in [7, 11) is 3.12. The number of nitrogens with zero attached hydrogens (tertiary/aromatic N) is 1. The van der Waals surface area contributed by atoms with Crippen LogP contribution < -0.4 is 15.2 Å². The second kappa shape index (κ2) is 3.10. The van der Waals surface area contributed by atoms with Crippen molar-refractivity contribution in [3.8, 4) is 11.5 Å². The summed E-state index contributed by atoms with van der Waals surface area (Å²) in [5.74, 6) is 1.20. The topological polar surface area (TPSA) is 70.5 Å². The van der Waals surface area contributed by atoms with Gasteiger partial charge in [0.05, 0.1) is 14.2 Å². The number of fused-ring (bicyclic) bond motifs is 1. The summed E-state index contributed by atoms with van der Waals surface area (Å²) in [5, 5.41) is 0. The minimum Gasteiger partial charge on any atom is -0.493 e. The standard InChI is InChI=1S/C9H10N2O3/c1-12-7-3-5-6(4-8(7)13-2)14-9(10)11-5/h3-4H,1-2H3,(H2,10,11). The van der Waals surface area contributed by atoms with Gasteiger partial charge in [-0.3, -0.25) is 0 Å². The number of ether oxygens (including phenoxy) is 2. The Labute approximate surface area is 80.4 Å². The minimum atomic E-state index is 0.135. The fourth-order valence-corrected chi connectivity index (χ4v) is 1.27. The third-order valence-electron chi connectivity index (χ3n) is 1.91. The predicted octanol–water partition coefficient (Wildman–Crippen LogP) is 1.43. The van der Waals surface area contributed by atoms with Crippen LogP contribution >= 0.6 is 0 Å². The van der Waals surface area contributed by atoms with E-state index in [-0.39, 0.29) is 6.01 Å². The van der Waals surface area contributed by atoms with Crippen LogP contribution in [-0.2, 0) is 0 Å². The largest absolute Gasteiger partial charge is 0.493 e. The zero-order chi connectivity index (χ0) is 10.1. The summed E-state index contributed by atoms with van der Waals surface area (Å²) < 4.78 is 15.3. The normalized spacial score (nSPS) is 10.4. The monoisotopic (exact) mass is 194 g/mol. The number of nitrogens with two attached hydrogens (primary N) is 1. The molecule has 0 fully saturated rings. The molecule has 2 rings (SSSR count). The van der Waals surface area contributed by atoms with Crippen LogP contribution in [0.4, 0.5) is 6.01 Å². The first-order valence-electron chi connectivity index (χ1n) is 4.02. The van der Waals surface area contributed by atoms with Crippen LogP contribution in [0.5, 0.6) is 11.5 Å². The maximum Gasteiger partial charge on any atom is 0.292 e. The van der Waals surface area contributed by atoms with E-state index in [9.17, 15) is 0 Å². The molecule has 0 spiro atoms. The Balaban J connectivity index is 2.68. The SMILES string of the molecule is COc1cc2nc(N)oc2cc1OC. The second-order valence-corrected chi connectivity index (χ2v) is 2.73. The lowest BCUT2D eigenvalue weighted by Gasteiger charge is -2.05. The van der Waals surface area contributed by atoms with Crippen molar-refractivity contribution >= 4 is 17.1 Å². The Bertz CT molecular complexity index is 423. The van der Waals surface area contributed by atoms with Gasteiger partial charge < -0.3 is 19.6 Å². The van der Waals surface area contributed by atoms with Crippen LogP contribution in [0.1, 0.15) is 0 Å². The zero-order valence-electron chi connectivity index (χ0n) is 7.90. The fourth-order valence-electron chi connectivity index (χ4n) is 1.27. The molecule has 0 saturated heterocycles. The molecule has 0 unspecified atom stereocenters. The highest BCUT2D eigenvalue weighted by molar-refractivity contribution is 5.78. The highest BCUT2D eigenvalue weighted by Gasteiger charge is 2.10. The summed E-state index contributed by atoms with van der Waals surface area (Å²) in [5.41, 5.74) is 6.65. The molecular weight excluding hydrogens is 184 g/mol. The van der Waals surface area contributed by atoms with Crippen molar-refractivity contribution in [2.24, 2.45) is 0 Å². The highest BCUT2D eigenvalue weighted by Crippen LogP contribution is 2.32. The molecule has 5 heteroatoms. The van der Waals surface area contributed by atoms with Gasteiger partial charge in [-0.2, -0.15) is 4.98 Å². The fraction of sp³-hybridized carbons (Fsp3) is 0.222. The van der Waals surface area contributed by atoms with Crippen molar-refractivity contribution in [1.29, 1.82) is 0 Å². The van der Waals surface area contributed by atoms with E-state index < -0.39 is 0 Å². The van der Waals surface area contributed by atoms with E-state index in [1.807, 2.05) is 0 Å². The molecule has 14 heavy (non-hydrogen) atoms. The highest BCUT2D eigenvalue weighted by atomic mass is 16.5. The third kappa shape index (κ3) is 1.22. The van der Waals surface area contributed by atoms with Crippen molar-refractivity contribution in [1.82, 2.24) is 4.98 Å². The number of aromatic nitrogens is 1. The molecule has 0 atom stereocenters. The number of benzene rings is 1. The lowest BCUT2D eigenvalue weighted by molar-refractivity contribution is 0.355.